The van der Waals surface area contributed by atoms with Gasteiger partial charge in [0.15, 0.2) is 0 Å². The molecular formula is C37H62N6O6S. The Morgan fingerprint density at radius 3 is 2.32 bits per heavy atom. The molecule has 1 saturated heterocycles. The molecule has 2 saturated carbocycles. The lowest BCUT2D eigenvalue weighted by molar-refractivity contribution is -0.142. The maximum atomic E-state index is 14.8. The van der Waals surface area contributed by atoms with Crippen LogP contribution in [0.5, 0.6) is 0 Å². The van der Waals surface area contributed by atoms with Crippen molar-refractivity contribution in [1.29, 1.82) is 0 Å². The predicted octanol–water partition coefficient (Wildman–Crippen LogP) is 3.39. The van der Waals surface area contributed by atoms with Crippen LogP contribution in [-0.2, 0) is 24.4 Å². The number of amides is 5. The first-order valence-electron chi connectivity index (χ1n) is 18.2. The Hall–Kier alpha value is -3.11. The molecule has 282 valence electrons. The second-order valence-electron chi connectivity index (χ2n) is 16.4. The number of carbonyl (C=O) groups excluding carboxylic acids is 4. The summed E-state index contributed by atoms with van der Waals surface area (Å²) in [5.41, 5.74) is -0.567. The Kier molecular flexibility index (Phi) is 14.4. The van der Waals surface area contributed by atoms with Crippen LogP contribution in [0.3, 0.4) is 0 Å². The fraction of sp³-hybridized carbons (Fsp3) is 0.784. The van der Waals surface area contributed by atoms with Gasteiger partial charge in [-0.05, 0) is 60.7 Å². The second-order valence-corrected chi connectivity index (χ2v) is 18.5. The summed E-state index contributed by atoms with van der Waals surface area (Å²) in [5.74, 6) is 1.72. The number of nitrogens with zero attached hydrogens (tertiary/aromatic N) is 2. The molecule has 13 heteroatoms. The average molecular weight is 719 g/mol. The third kappa shape index (κ3) is 10.9. The maximum absolute atomic E-state index is 14.8. The van der Waals surface area contributed by atoms with Gasteiger partial charge in [0.2, 0.25) is 27.7 Å². The van der Waals surface area contributed by atoms with Crippen LogP contribution in [0.15, 0.2) is 12.7 Å². The third-order valence-electron chi connectivity index (χ3n) is 11.2. The first kappa shape index (κ1) is 41.3. The molecule has 0 aromatic heterocycles. The molecule has 0 spiro atoms. The fourth-order valence-electron chi connectivity index (χ4n) is 7.93. The van der Waals surface area contributed by atoms with Gasteiger partial charge in [-0.2, -0.15) is 0 Å². The van der Waals surface area contributed by atoms with Crippen LogP contribution in [0, 0.1) is 40.9 Å². The van der Waals surface area contributed by atoms with E-state index in [0.29, 0.717) is 25.9 Å². The Bertz CT molecular complexity index is 1380. The summed E-state index contributed by atoms with van der Waals surface area (Å²) in [6, 6.07) is -3.20. The highest BCUT2D eigenvalue weighted by Crippen LogP contribution is 2.53. The normalized spacial score (nSPS) is 24.0. The number of fused-ring (bicyclic) bond motifs is 1. The average Bonchev–Trinajstić information content (AvgIpc) is 3.57. The topological polar surface area (TPSA) is 157 Å². The summed E-state index contributed by atoms with van der Waals surface area (Å²) in [4.78, 5) is 57.1. The molecule has 3 fully saturated rings. The number of carbonyl (C=O) groups is 4. The largest absolute Gasteiger partial charge is 0.353 e. The molecule has 3 aliphatic rings. The van der Waals surface area contributed by atoms with Gasteiger partial charge >= 0.3 is 6.03 Å². The van der Waals surface area contributed by atoms with Gasteiger partial charge in [0.25, 0.3) is 0 Å². The molecule has 50 heavy (non-hydrogen) atoms. The van der Waals surface area contributed by atoms with E-state index in [4.69, 9.17) is 6.42 Å². The molecule has 6 atom stereocenters. The van der Waals surface area contributed by atoms with Crippen LogP contribution < -0.4 is 21.3 Å². The van der Waals surface area contributed by atoms with E-state index in [1.807, 2.05) is 20.8 Å². The molecular weight excluding hydrogens is 657 g/mol. The maximum Gasteiger partial charge on any atom is 0.315 e. The van der Waals surface area contributed by atoms with Gasteiger partial charge in [-0.3, -0.25) is 14.4 Å². The molecule has 3 rings (SSSR count). The molecule has 0 aromatic rings. The van der Waals surface area contributed by atoms with Gasteiger partial charge in [0, 0.05) is 51.6 Å². The van der Waals surface area contributed by atoms with Gasteiger partial charge in [-0.25, -0.2) is 17.5 Å². The molecule has 0 aromatic carbocycles. The first-order valence-corrected chi connectivity index (χ1v) is 20.0. The summed E-state index contributed by atoms with van der Waals surface area (Å²) in [6.45, 7) is 14.6. The van der Waals surface area contributed by atoms with E-state index in [1.54, 1.807) is 11.0 Å². The van der Waals surface area contributed by atoms with Crippen molar-refractivity contribution in [2.45, 2.75) is 123 Å². The molecule has 1 aliphatic heterocycles. The van der Waals surface area contributed by atoms with Crippen LogP contribution in [0.1, 0.15) is 98.8 Å². The van der Waals surface area contributed by atoms with Crippen molar-refractivity contribution in [1.82, 2.24) is 30.5 Å². The number of hydrogen-bond donors (Lipinski definition) is 4. The number of nitrogens with one attached hydrogen (secondary N) is 4. The van der Waals surface area contributed by atoms with Gasteiger partial charge in [-0.1, -0.05) is 60.0 Å². The van der Waals surface area contributed by atoms with E-state index in [9.17, 15) is 27.6 Å². The highest BCUT2D eigenvalue weighted by molar-refractivity contribution is 7.88. The summed E-state index contributed by atoms with van der Waals surface area (Å²) in [5, 5.41) is 11.8. The van der Waals surface area contributed by atoms with Gasteiger partial charge in [-0.15, -0.1) is 18.9 Å². The minimum atomic E-state index is -3.49. The highest BCUT2D eigenvalue weighted by Gasteiger charge is 2.57. The molecule has 2 aliphatic carbocycles. The van der Waals surface area contributed by atoms with E-state index < -0.39 is 45.6 Å². The number of urea groups is 1. The summed E-state index contributed by atoms with van der Waals surface area (Å²) < 4.78 is 25.6. The fourth-order valence-corrected chi connectivity index (χ4v) is 8.35. The van der Waals surface area contributed by atoms with Gasteiger partial charge in [0.1, 0.15) is 12.1 Å². The van der Waals surface area contributed by atoms with E-state index in [2.05, 4.69) is 47.6 Å². The minimum absolute atomic E-state index is 0.0530. The lowest BCUT2D eigenvalue weighted by atomic mass is 9.79. The minimum Gasteiger partial charge on any atom is -0.353 e. The smallest absolute Gasteiger partial charge is 0.315 e. The summed E-state index contributed by atoms with van der Waals surface area (Å²) in [6.07, 6.45) is 15.3. The molecule has 4 N–H and O–H groups in total. The Labute approximate surface area is 300 Å². The molecule has 5 amide bonds. The van der Waals surface area contributed by atoms with E-state index in [1.165, 1.54) is 11.4 Å². The zero-order valence-corrected chi connectivity index (χ0v) is 32.2. The van der Waals surface area contributed by atoms with Gasteiger partial charge in [0.05, 0.1) is 6.26 Å². The lowest BCUT2D eigenvalue weighted by Gasteiger charge is -2.37. The molecule has 1 unspecified atom stereocenters. The zero-order valence-electron chi connectivity index (χ0n) is 31.3. The molecule has 12 nitrogen and oxygen atoms in total. The Morgan fingerprint density at radius 1 is 1.08 bits per heavy atom. The number of terminal acetylenes is 1. The molecule has 0 bridgehead atoms. The van der Waals surface area contributed by atoms with Crippen LogP contribution in [0.2, 0.25) is 0 Å². The summed E-state index contributed by atoms with van der Waals surface area (Å²) >= 11 is 0. The number of likely N-dealkylation sites (N-methyl/N-ethyl adjacent to an activating group) is 1. The number of rotatable bonds is 15. The first-order chi connectivity index (χ1) is 23.3. The van der Waals surface area contributed by atoms with Crippen LogP contribution in [0.25, 0.3) is 0 Å². The van der Waals surface area contributed by atoms with Crippen molar-refractivity contribution >= 4 is 33.8 Å². The quantitative estimate of drug-likeness (QED) is 0.150. The van der Waals surface area contributed by atoms with Crippen molar-refractivity contribution in [2.75, 3.05) is 32.9 Å². The van der Waals surface area contributed by atoms with E-state index in [-0.39, 0.29) is 53.9 Å². The second kappa shape index (κ2) is 17.4. The molecule has 1 heterocycles. The van der Waals surface area contributed by atoms with Crippen molar-refractivity contribution in [3.05, 3.63) is 12.7 Å². The monoisotopic (exact) mass is 718 g/mol. The lowest BCUT2D eigenvalue weighted by Crippen LogP contribution is -2.61. The van der Waals surface area contributed by atoms with E-state index >= 15 is 0 Å². The predicted molar refractivity (Wildman–Crippen MR) is 196 cm³/mol. The van der Waals surface area contributed by atoms with Crippen molar-refractivity contribution in [3.8, 4) is 12.3 Å². The van der Waals surface area contributed by atoms with Crippen molar-refractivity contribution in [3.63, 3.8) is 0 Å². The Morgan fingerprint density at radius 2 is 1.74 bits per heavy atom. The SMILES string of the molecule is C#CCCC(CC(=O)NCC=C)NC(=O)[C@@H]1[C@H]2CCC(C)(C)[C@H]2CN1C(=O)[C@@H](NC(=O)N[C@H](CN(C)S(C)(=O)=O)C(C)(C)C)C1CCCCC1. The number of hydrogen-bond acceptors (Lipinski definition) is 6. The van der Waals surface area contributed by atoms with Crippen molar-refractivity contribution in [2.24, 2.45) is 28.6 Å². The number of sulfonamides is 1. The van der Waals surface area contributed by atoms with Gasteiger partial charge < -0.3 is 26.2 Å². The van der Waals surface area contributed by atoms with Crippen LogP contribution >= 0.6 is 0 Å². The van der Waals surface area contributed by atoms with Crippen LogP contribution in [-0.4, -0.2) is 98.5 Å². The van der Waals surface area contributed by atoms with Crippen molar-refractivity contribution < 1.29 is 27.6 Å². The highest BCUT2D eigenvalue weighted by atomic mass is 32.2. The van der Waals surface area contributed by atoms with Crippen LogP contribution in [0.4, 0.5) is 4.79 Å². The zero-order chi connectivity index (χ0) is 37.4. The summed E-state index contributed by atoms with van der Waals surface area (Å²) in [7, 11) is -2.01. The number of likely N-dealkylation sites (tertiary alicyclic amines) is 1. The third-order valence-corrected chi connectivity index (χ3v) is 12.5. The molecule has 0 radical (unpaired) electrons. The standard InChI is InChI=1S/C37H62N6O6S/c1-10-12-18-26(22-30(44)38-21-11-2)39-33(45)32-27-19-20-37(6,7)28(27)23-43(32)34(46)31(25-16-14-13-15-17-25)41-35(47)40-29(36(3,4)5)24-42(8)50(9,48)49/h1,11,25-29,31-32H,2,12-24H2,3-9H3,(H,38,44)(H,39,45)(H2,40,41,47)/t26?,27-,28-,29+,31-,32-/m0/s1. The van der Waals surface area contributed by atoms with E-state index in [0.717, 1.165) is 51.2 Å². The Balaban J connectivity index is 1.91.